The number of thioether (sulfide) groups is 1. The summed E-state index contributed by atoms with van der Waals surface area (Å²) in [6.45, 7) is 5.18. The van der Waals surface area contributed by atoms with Crippen molar-refractivity contribution in [3.8, 4) is 0 Å². The average Bonchev–Trinajstić information content (AvgIpc) is 3.03. The number of nitrogens with zero attached hydrogens (tertiary/aromatic N) is 7. The molecule has 0 atom stereocenters. The van der Waals surface area contributed by atoms with Crippen LogP contribution in [-0.4, -0.2) is 49.4 Å². The molecule has 0 fully saturated rings. The highest BCUT2D eigenvalue weighted by atomic mass is 32.2. The average molecular weight is 295 g/mol. The summed E-state index contributed by atoms with van der Waals surface area (Å²) < 4.78 is 4.01. The first-order valence-corrected chi connectivity index (χ1v) is 7.65. The van der Waals surface area contributed by atoms with Crippen molar-refractivity contribution in [2.24, 2.45) is 0 Å². The Morgan fingerprint density at radius 2 is 2.10 bits per heavy atom. The molecule has 7 nitrogen and oxygen atoms in total. The van der Waals surface area contributed by atoms with Crippen molar-refractivity contribution in [1.29, 1.82) is 0 Å². The van der Waals surface area contributed by atoms with Gasteiger partial charge in [-0.15, -0.1) is 10.2 Å². The van der Waals surface area contributed by atoms with Crippen LogP contribution in [0.15, 0.2) is 17.8 Å². The number of anilines is 1. The number of hydrogen-bond acceptors (Lipinski definition) is 6. The monoisotopic (exact) mass is 295 g/mol. The normalized spacial score (nSPS) is 11.2. The first-order chi connectivity index (χ1) is 9.59. The third kappa shape index (κ3) is 3.50. The third-order valence-electron chi connectivity index (χ3n) is 2.79. The van der Waals surface area contributed by atoms with Crippen LogP contribution in [-0.2, 0) is 6.54 Å². The Hall–Kier alpha value is -1.57. The predicted octanol–water partition coefficient (Wildman–Crippen LogP) is 1.70. The Kier molecular flexibility index (Phi) is 4.99. The molecule has 0 unspecified atom stereocenters. The molecule has 2 heterocycles. The highest BCUT2D eigenvalue weighted by Crippen LogP contribution is 2.25. The molecule has 8 heteroatoms. The van der Waals surface area contributed by atoms with Gasteiger partial charge in [-0.05, 0) is 20.3 Å². The Bertz CT molecular complexity index is 518. The van der Waals surface area contributed by atoms with Crippen molar-refractivity contribution in [2.75, 3.05) is 24.7 Å². The van der Waals surface area contributed by atoms with Crippen LogP contribution in [0, 0.1) is 0 Å². The van der Waals surface area contributed by atoms with Gasteiger partial charge in [-0.1, -0.05) is 11.8 Å². The van der Waals surface area contributed by atoms with Crippen LogP contribution >= 0.6 is 11.8 Å². The molecular formula is C12H21N7S. The first kappa shape index (κ1) is 14.8. The van der Waals surface area contributed by atoms with E-state index in [0.29, 0.717) is 6.04 Å². The van der Waals surface area contributed by atoms with E-state index < -0.39 is 0 Å². The molecule has 0 saturated carbocycles. The Labute approximate surface area is 123 Å². The molecule has 2 rings (SSSR count). The zero-order valence-corrected chi connectivity index (χ0v) is 13.2. The molecule has 2 aromatic heterocycles. The highest BCUT2D eigenvalue weighted by Gasteiger charge is 2.16. The Morgan fingerprint density at radius 3 is 2.70 bits per heavy atom. The highest BCUT2D eigenvalue weighted by molar-refractivity contribution is 7.99. The summed E-state index contributed by atoms with van der Waals surface area (Å²) in [5, 5.41) is 13.6. The molecule has 20 heavy (non-hydrogen) atoms. The lowest BCUT2D eigenvalue weighted by atomic mass is 10.4. The standard InChI is InChI=1S/C12H21N7S/c1-10(2)19-11(17(3)4)15-16-12(19)20-7-5-6-18-9-13-8-14-18/h8-10H,5-7H2,1-4H3. The predicted molar refractivity (Wildman–Crippen MR) is 80.1 cm³/mol. The van der Waals surface area contributed by atoms with E-state index in [4.69, 9.17) is 0 Å². The van der Waals surface area contributed by atoms with Gasteiger partial charge in [0.25, 0.3) is 0 Å². The van der Waals surface area contributed by atoms with Crippen LogP contribution < -0.4 is 4.90 Å². The van der Waals surface area contributed by atoms with Crippen LogP contribution in [0.2, 0.25) is 0 Å². The molecule has 0 aliphatic carbocycles. The van der Waals surface area contributed by atoms with E-state index in [9.17, 15) is 0 Å². The van der Waals surface area contributed by atoms with Crippen LogP contribution in [0.3, 0.4) is 0 Å². The summed E-state index contributed by atoms with van der Waals surface area (Å²) in [7, 11) is 3.98. The maximum Gasteiger partial charge on any atom is 0.227 e. The second-order valence-electron chi connectivity index (χ2n) is 5.00. The molecule has 0 aliphatic rings. The van der Waals surface area contributed by atoms with E-state index in [1.807, 2.05) is 23.7 Å². The van der Waals surface area contributed by atoms with Crippen LogP contribution in [0.5, 0.6) is 0 Å². The van der Waals surface area contributed by atoms with Gasteiger partial charge in [-0.3, -0.25) is 9.25 Å². The summed E-state index contributed by atoms with van der Waals surface area (Å²) in [5.74, 6) is 1.89. The number of aromatic nitrogens is 6. The zero-order valence-electron chi connectivity index (χ0n) is 12.4. The second-order valence-corrected chi connectivity index (χ2v) is 6.06. The molecule has 0 aliphatic heterocycles. The largest absolute Gasteiger partial charge is 0.347 e. The number of hydrogen-bond donors (Lipinski definition) is 0. The van der Waals surface area contributed by atoms with Gasteiger partial charge in [-0.25, -0.2) is 4.98 Å². The quantitative estimate of drug-likeness (QED) is 0.572. The molecule has 0 N–H and O–H groups in total. The topological polar surface area (TPSA) is 64.7 Å². The van der Waals surface area contributed by atoms with Crippen molar-refractivity contribution in [2.45, 2.75) is 38.0 Å². The second kappa shape index (κ2) is 6.74. The van der Waals surface area contributed by atoms with Gasteiger partial charge in [-0.2, -0.15) is 5.10 Å². The SMILES string of the molecule is CC(C)n1c(SCCCn2cncn2)nnc1N(C)C. The first-order valence-electron chi connectivity index (χ1n) is 6.67. The van der Waals surface area contributed by atoms with E-state index in [1.54, 1.807) is 24.4 Å². The van der Waals surface area contributed by atoms with E-state index in [1.165, 1.54) is 0 Å². The number of rotatable bonds is 7. The van der Waals surface area contributed by atoms with E-state index in [-0.39, 0.29) is 0 Å². The summed E-state index contributed by atoms with van der Waals surface area (Å²) >= 11 is 1.74. The third-order valence-corrected chi connectivity index (χ3v) is 3.82. The lowest BCUT2D eigenvalue weighted by Crippen LogP contribution is -2.17. The Morgan fingerprint density at radius 1 is 1.30 bits per heavy atom. The molecule has 0 radical (unpaired) electrons. The lowest BCUT2D eigenvalue weighted by molar-refractivity contribution is 0.548. The van der Waals surface area contributed by atoms with Gasteiger partial charge in [0, 0.05) is 32.4 Å². The molecular weight excluding hydrogens is 274 g/mol. The summed E-state index contributed by atoms with van der Waals surface area (Å²) in [6.07, 6.45) is 4.33. The minimum absolute atomic E-state index is 0.347. The molecule has 2 aromatic rings. The van der Waals surface area contributed by atoms with Gasteiger partial charge >= 0.3 is 0 Å². The summed E-state index contributed by atoms with van der Waals surface area (Å²) in [5.41, 5.74) is 0. The van der Waals surface area contributed by atoms with Crippen molar-refractivity contribution < 1.29 is 0 Å². The molecule has 0 bridgehead atoms. The van der Waals surface area contributed by atoms with Crippen LogP contribution in [0.4, 0.5) is 5.95 Å². The molecule has 0 aromatic carbocycles. The van der Waals surface area contributed by atoms with Gasteiger partial charge in [0.15, 0.2) is 5.16 Å². The van der Waals surface area contributed by atoms with Gasteiger partial charge < -0.3 is 4.90 Å². The van der Waals surface area contributed by atoms with Crippen LogP contribution in [0.1, 0.15) is 26.3 Å². The maximum absolute atomic E-state index is 4.29. The minimum atomic E-state index is 0.347. The van der Waals surface area contributed by atoms with Gasteiger partial charge in [0.05, 0.1) is 0 Å². The van der Waals surface area contributed by atoms with Crippen molar-refractivity contribution in [1.82, 2.24) is 29.5 Å². The summed E-state index contributed by atoms with van der Waals surface area (Å²) in [4.78, 5) is 5.92. The van der Waals surface area contributed by atoms with E-state index in [2.05, 4.69) is 38.7 Å². The molecule has 0 spiro atoms. The zero-order chi connectivity index (χ0) is 14.5. The fourth-order valence-electron chi connectivity index (χ4n) is 1.86. The summed E-state index contributed by atoms with van der Waals surface area (Å²) in [6, 6.07) is 0.347. The maximum atomic E-state index is 4.29. The molecule has 110 valence electrons. The van der Waals surface area contributed by atoms with E-state index in [0.717, 1.165) is 29.8 Å². The number of aryl methyl sites for hydroxylation is 1. The van der Waals surface area contributed by atoms with Gasteiger partial charge in [0.1, 0.15) is 12.7 Å². The van der Waals surface area contributed by atoms with Crippen LogP contribution in [0.25, 0.3) is 0 Å². The van der Waals surface area contributed by atoms with Gasteiger partial charge in [0.2, 0.25) is 5.95 Å². The minimum Gasteiger partial charge on any atom is -0.347 e. The van der Waals surface area contributed by atoms with Crippen molar-refractivity contribution in [3.63, 3.8) is 0 Å². The Balaban J connectivity index is 1.92. The van der Waals surface area contributed by atoms with E-state index >= 15 is 0 Å². The molecule has 0 amide bonds. The fraction of sp³-hybridized carbons (Fsp3) is 0.667. The van der Waals surface area contributed by atoms with Crippen molar-refractivity contribution in [3.05, 3.63) is 12.7 Å². The smallest absolute Gasteiger partial charge is 0.227 e. The fourth-order valence-corrected chi connectivity index (χ4v) is 2.85. The lowest BCUT2D eigenvalue weighted by Gasteiger charge is -2.17. The van der Waals surface area contributed by atoms with Crippen molar-refractivity contribution >= 4 is 17.7 Å². The molecule has 0 saturated heterocycles.